The topological polar surface area (TPSA) is 67.4 Å². The van der Waals surface area contributed by atoms with Gasteiger partial charge < -0.3 is 15.0 Å². The monoisotopic (exact) mass is 312 g/mol. The van der Waals surface area contributed by atoms with Crippen molar-refractivity contribution in [2.24, 2.45) is 0 Å². The van der Waals surface area contributed by atoms with E-state index in [4.69, 9.17) is 4.74 Å². The summed E-state index contributed by atoms with van der Waals surface area (Å²) in [6.07, 6.45) is 0. The highest BCUT2D eigenvalue weighted by Crippen LogP contribution is 2.12. The molecule has 0 aliphatic carbocycles. The van der Waals surface area contributed by atoms with Gasteiger partial charge in [-0.2, -0.15) is 0 Å². The van der Waals surface area contributed by atoms with Crippen molar-refractivity contribution in [3.63, 3.8) is 0 Å². The lowest BCUT2D eigenvalue weighted by atomic mass is 10.2. The molecule has 2 aromatic rings. The van der Waals surface area contributed by atoms with Crippen LogP contribution in [0.4, 0.5) is 5.95 Å². The van der Waals surface area contributed by atoms with Crippen molar-refractivity contribution < 1.29 is 9.53 Å². The predicted octanol–water partition coefficient (Wildman–Crippen LogP) is 1.55. The fourth-order valence-electron chi connectivity index (χ4n) is 2.47. The highest BCUT2D eigenvalue weighted by molar-refractivity contribution is 5.94. The Kier molecular flexibility index (Phi) is 4.83. The summed E-state index contributed by atoms with van der Waals surface area (Å²) >= 11 is 0. The first-order chi connectivity index (χ1) is 11.2. The lowest BCUT2D eigenvalue weighted by Crippen LogP contribution is -2.37. The number of hydrogen-bond donors (Lipinski definition) is 1. The van der Waals surface area contributed by atoms with Gasteiger partial charge in [0.25, 0.3) is 5.91 Å². The molecule has 1 aliphatic heterocycles. The van der Waals surface area contributed by atoms with Gasteiger partial charge in [0.2, 0.25) is 5.95 Å². The number of morpholine rings is 1. The van der Waals surface area contributed by atoms with Gasteiger partial charge >= 0.3 is 0 Å². The standard InChI is InChI=1S/C17H20N4O2/c1-13-11-15(12-18-16(22)14-5-3-2-4-6-14)20-17(19-13)21-7-9-23-10-8-21/h2-6,11H,7-10,12H2,1H3,(H,18,22). The molecule has 0 unspecified atom stereocenters. The molecular weight excluding hydrogens is 292 g/mol. The molecule has 1 aliphatic rings. The van der Waals surface area contributed by atoms with Crippen LogP contribution in [0.5, 0.6) is 0 Å². The summed E-state index contributed by atoms with van der Waals surface area (Å²) in [6, 6.07) is 11.1. The molecule has 1 aromatic carbocycles. The molecule has 1 aromatic heterocycles. The first kappa shape index (κ1) is 15.4. The third kappa shape index (κ3) is 4.04. The predicted molar refractivity (Wildman–Crippen MR) is 87.4 cm³/mol. The summed E-state index contributed by atoms with van der Waals surface area (Å²) < 4.78 is 5.36. The average Bonchev–Trinajstić information content (AvgIpc) is 2.61. The van der Waals surface area contributed by atoms with Gasteiger partial charge in [-0.25, -0.2) is 9.97 Å². The Labute approximate surface area is 135 Å². The molecule has 1 amide bonds. The minimum atomic E-state index is -0.102. The molecule has 3 rings (SSSR count). The zero-order valence-electron chi connectivity index (χ0n) is 13.2. The number of aromatic nitrogens is 2. The van der Waals surface area contributed by atoms with E-state index in [1.54, 1.807) is 12.1 Å². The maximum atomic E-state index is 12.1. The number of rotatable bonds is 4. The minimum absolute atomic E-state index is 0.102. The zero-order chi connectivity index (χ0) is 16.1. The number of nitrogens with one attached hydrogen (secondary N) is 1. The fraction of sp³-hybridized carbons (Fsp3) is 0.353. The SMILES string of the molecule is Cc1cc(CNC(=O)c2ccccc2)nc(N2CCOCC2)n1. The summed E-state index contributed by atoms with van der Waals surface area (Å²) in [7, 11) is 0. The molecule has 0 atom stereocenters. The lowest BCUT2D eigenvalue weighted by Gasteiger charge is -2.27. The molecule has 0 saturated carbocycles. The molecule has 120 valence electrons. The van der Waals surface area contributed by atoms with Crippen molar-refractivity contribution in [1.82, 2.24) is 15.3 Å². The van der Waals surface area contributed by atoms with Crippen LogP contribution in [-0.4, -0.2) is 42.2 Å². The van der Waals surface area contributed by atoms with E-state index in [2.05, 4.69) is 20.2 Å². The van der Waals surface area contributed by atoms with Crippen molar-refractivity contribution in [1.29, 1.82) is 0 Å². The van der Waals surface area contributed by atoms with Crippen LogP contribution in [0.3, 0.4) is 0 Å². The fourth-order valence-corrected chi connectivity index (χ4v) is 2.47. The van der Waals surface area contributed by atoms with Gasteiger partial charge in [-0.15, -0.1) is 0 Å². The van der Waals surface area contributed by atoms with E-state index in [0.717, 1.165) is 24.5 Å². The first-order valence-corrected chi connectivity index (χ1v) is 7.73. The van der Waals surface area contributed by atoms with Crippen molar-refractivity contribution in [3.8, 4) is 0 Å². The molecule has 1 fully saturated rings. The van der Waals surface area contributed by atoms with Gasteiger partial charge in [-0.05, 0) is 25.1 Å². The Hall–Kier alpha value is -2.47. The van der Waals surface area contributed by atoms with Gasteiger partial charge in [0.1, 0.15) is 0 Å². The van der Waals surface area contributed by atoms with Gasteiger partial charge in [0.05, 0.1) is 25.5 Å². The molecule has 6 nitrogen and oxygen atoms in total. The second kappa shape index (κ2) is 7.19. The summed E-state index contributed by atoms with van der Waals surface area (Å²) in [5.74, 6) is 0.604. The van der Waals surface area contributed by atoms with Crippen LogP contribution in [-0.2, 0) is 11.3 Å². The minimum Gasteiger partial charge on any atom is -0.378 e. The first-order valence-electron chi connectivity index (χ1n) is 7.73. The molecule has 2 heterocycles. The second-order valence-corrected chi connectivity index (χ2v) is 5.45. The Morgan fingerprint density at radius 1 is 1.22 bits per heavy atom. The molecule has 0 radical (unpaired) electrons. The largest absolute Gasteiger partial charge is 0.378 e. The Bertz CT molecular complexity index is 670. The highest BCUT2D eigenvalue weighted by atomic mass is 16.5. The number of ether oxygens (including phenoxy) is 1. The Balaban J connectivity index is 1.68. The van der Waals surface area contributed by atoms with Crippen molar-refractivity contribution in [2.45, 2.75) is 13.5 Å². The highest BCUT2D eigenvalue weighted by Gasteiger charge is 2.15. The van der Waals surface area contributed by atoms with Gasteiger partial charge in [0.15, 0.2) is 0 Å². The Morgan fingerprint density at radius 3 is 2.70 bits per heavy atom. The third-order valence-electron chi connectivity index (χ3n) is 3.66. The molecule has 23 heavy (non-hydrogen) atoms. The molecule has 6 heteroatoms. The summed E-state index contributed by atoms with van der Waals surface area (Å²) in [4.78, 5) is 23.3. The Morgan fingerprint density at radius 2 is 1.96 bits per heavy atom. The number of amides is 1. The van der Waals surface area contributed by atoms with Crippen LogP contribution >= 0.6 is 0 Å². The number of anilines is 1. The van der Waals surface area contributed by atoms with Crippen LogP contribution < -0.4 is 10.2 Å². The lowest BCUT2D eigenvalue weighted by molar-refractivity contribution is 0.0950. The number of hydrogen-bond acceptors (Lipinski definition) is 5. The van der Waals surface area contributed by atoms with Crippen molar-refractivity contribution >= 4 is 11.9 Å². The van der Waals surface area contributed by atoms with Crippen LogP contribution in [0.25, 0.3) is 0 Å². The quantitative estimate of drug-likeness (QED) is 0.928. The van der Waals surface area contributed by atoms with E-state index in [1.807, 2.05) is 31.2 Å². The van der Waals surface area contributed by atoms with Crippen LogP contribution in [0.15, 0.2) is 36.4 Å². The van der Waals surface area contributed by atoms with E-state index in [0.29, 0.717) is 31.3 Å². The van der Waals surface area contributed by atoms with E-state index in [1.165, 1.54) is 0 Å². The average molecular weight is 312 g/mol. The van der Waals surface area contributed by atoms with Crippen LogP contribution in [0, 0.1) is 6.92 Å². The molecule has 0 spiro atoms. The number of carbonyl (C=O) groups excluding carboxylic acids is 1. The number of aryl methyl sites for hydroxylation is 1. The van der Waals surface area contributed by atoms with Crippen molar-refractivity contribution in [3.05, 3.63) is 53.3 Å². The zero-order valence-corrected chi connectivity index (χ0v) is 13.2. The van der Waals surface area contributed by atoms with Crippen molar-refractivity contribution in [2.75, 3.05) is 31.2 Å². The summed E-state index contributed by atoms with van der Waals surface area (Å²) in [5.41, 5.74) is 2.35. The molecule has 1 saturated heterocycles. The number of carbonyl (C=O) groups is 1. The number of nitrogens with zero attached hydrogens (tertiary/aromatic N) is 3. The molecular formula is C17H20N4O2. The van der Waals surface area contributed by atoms with Gasteiger partial charge in [0, 0.05) is 24.3 Å². The van der Waals surface area contributed by atoms with E-state index >= 15 is 0 Å². The summed E-state index contributed by atoms with van der Waals surface area (Å²) in [5, 5.41) is 2.90. The van der Waals surface area contributed by atoms with Crippen LogP contribution in [0.1, 0.15) is 21.7 Å². The van der Waals surface area contributed by atoms with E-state index in [9.17, 15) is 4.79 Å². The van der Waals surface area contributed by atoms with Gasteiger partial charge in [-0.3, -0.25) is 4.79 Å². The second-order valence-electron chi connectivity index (χ2n) is 5.45. The smallest absolute Gasteiger partial charge is 0.251 e. The summed E-state index contributed by atoms with van der Waals surface area (Å²) in [6.45, 7) is 5.29. The van der Waals surface area contributed by atoms with E-state index in [-0.39, 0.29) is 5.91 Å². The molecule has 1 N–H and O–H groups in total. The van der Waals surface area contributed by atoms with E-state index < -0.39 is 0 Å². The third-order valence-corrected chi connectivity index (χ3v) is 3.66. The maximum absolute atomic E-state index is 12.1. The molecule has 0 bridgehead atoms. The van der Waals surface area contributed by atoms with Gasteiger partial charge in [-0.1, -0.05) is 18.2 Å². The normalized spacial score (nSPS) is 14.6. The number of benzene rings is 1. The maximum Gasteiger partial charge on any atom is 0.251 e. The van der Waals surface area contributed by atoms with Crippen LogP contribution in [0.2, 0.25) is 0 Å².